The van der Waals surface area contributed by atoms with Gasteiger partial charge in [-0.25, -0.2) is 0 Å². The van der Waals surface area contributed by atoms with Crippen molar-refractivity contribution in [2.24, 2.45) is 11.8 Å². The van der Waals surface area contributed by atoms with E-state index in [4.69, 9.17) is 11.6 Å². The summed E-state index contributed by atoms with van der Waals surface area (Å²) in [5.74, 6) is 1.24. The van der Waals surface area contributed by atoms with E-state index in [9.17, 15) is 5.11 Å². The minimum absolute atomic E-state index is 0.256. The van der Waals surface area contributed by atoms with Gasteiger partial charge in [0.15, 0.2) is 0 Å². The Balaban J connectivity index is 1.98. The maximum absolute atomic E-state index is 10.5. The Labute approximate surface area is 129 Å². The molecule has 1 N–H and O–H groups in total. The summed E-state index contributed by atoms with van der Waals surface area (Å²) in [7, 11) is 0. The van der Waals surface area contributed by atoms with Crippen molar-refractivity contribution in [3.05, 3.63) is 33.3 Å². The van der Waals surface area contributed by atoms with Crippen molar-refractivity contribution in [2.45, 2.75) is 51.6 Å². The van der Waals surface area contributed by atoms with E-state index in [1.807, 2.05) is 18.2 Å². The molecule has 1 fully saturated rings. The van der Waals surface area contributed by atoms with Crippen LogP contribution < -0.4 is 0 Å². The fourth-order valence-corrected chi connectivity index (χ4v) is 3.88. The zero-order chi connectivity index (χ0) is 13.8. The SMILES string of the molecule is CCC1CCCC(C(O)Cc2ccc(Br)cc2Cl)C1. The molecular weight excluding hydrogens is 324 g/mol. The number of halogens is 2. The summed E-state index contributed by atoms with van der Waals surface area (Å²) in [4.78, 5) is 0. The third-order valence-electron chi connectivity index (χ3n) is 4.39. The van der Waals surface area contributed by atoms with Gasteiger partial charge in [-0.2, -0.15) is 0 Å². The van der Waals surface area contributed by atoms with Gasteiger partial charge in [0.05, 0.1) is 6.10 Å². The molecule has 19 heavy (non-hydrogen) atoms. The average molecular weight is 346 g/mol. The Hall–Kier alpha value is -0.0500. The largest absolute Gasteiger partial charge is 0.392 e. The lowest BCUT2D eigenvalue weighted by Gasteiger charge is -2.32. The number of benzene rings is 1. The first-order valence-corrected chi connectivity index (χ1v) is 8.39. The number of aliphatic hydroxyl groups is 1. The smallest absolute Gasteiger partial charge is 0.0609 e. The average Bonchev–Trinajstić information content (AvgIpc) is 2.42. The summed E-state index contributed by atoms with van der Waals surface area (Å²) >= 11 is 9.64. The van der Waals surface area contributed by atoms with Crippen molar-refractivity contribution >= 4 is 27.5 Å². The van der Waals surface area contributed by atoms with E-state index in [1.165, 1.54) is 25.7 Å². The number of rotatable bonds is 4. The van der Waals surface area contributed by atoms with Crippen LogP contribution in [0.2, 0.25) is 5.02 Å². The fraction of sp³-hybridized carbons (Fsp3) is 0.625. The lowest BCUT2D eigenvalue weighted by molar-refractivity contribution is 0.0685. The lowest BCUT2D eigenvalue weighted by atomic mass is 9.76. The fourth-order valence-electron chi connectivity index (χ4n) is 3.13. The van der Waals surface area contributed by atoms with Gasteiger partial charge in [-0.05, 0) is 42.4 Å². The molecule has 0 heterocycles. The molecule has 1 nitrogen and oxygen atoms in total. The van der Waals surface area contributed by atoms with E-state index >= 15 is 0 Å². The second-order valence-corrected chi connectivity index (χ2v) is 7.03. The minimum atomic E-state index is -0.256. The van der Waals surface area contributed by atoms with E-state index in [2.05, 4.69) is 22.9 Å². The molecule has 1 aromatic rings. The summed E-state index contributed by atoms with van der Waals surface area (Å²) in [6, 6.07) is 5.90. The molecule has 1 aliphatic rings. The van der Waals surface area contributed by atoms with Crippen molar-refractivity contribution < 1.29 is 5.11 Å². The topological polar surface area (TPSA) is 20.2 Å². The van der Waals surface area contributed by atoms with Crippen LogP contribution in [-0.4, -0.2) is 11.2 Å². The van der Waals surface area contributed by atoms with E-state index in [0.29, 0.717) is 12.3 Å². The molecule has 0 spiro atoms. The zero-order valence-corrected chi connectivity index (χ0v) is 13.8. The second kappa shape index (κ2) is 7.10. The summed E-state index contributed by atoms with van der Waals surface area (Å²) in [5.41, 5.74) is 1.05. The van der Waals surface area contributed by atoms with Gasteiger partial charge in [-0.15, -0.1) is 0 Å². The molecule has 0 saturated heterocycles. The van der Waals surface area contributed by atoms with Crippen LogP contribution in [0.15, 0.2) is 22.7 Å². The van der Waals surface area contributed by atoms with Crippen LogP contribution in [0.4, 0.5) is 0 Å². The van der Waals surface area contributed by atoms with Crippen molar-refractivity contribution in [2.75, 3.05) is 0 Å². The molecule has 0 aromatic heterocycles. The van der Waals surface area contributed by atoms with Gasteiger partial charge in [-0.3, -0.25) is 0 Å². The van der Waals surface area contributed by atoms with Crippen molar-refractivity contribution in [1.82, 2.24) is 0 Å². The highest BCUT2D eigenvalue weighted by atomic mass is 79.9. The summed E-state index contributed by atoms with van der Waals surface area (Å²) in [6.45, 7) is 2.25. The minimum Gasteiger partial charge on any atom is -0.392 e. The lowest BCUT2D eigenvalue weighted by Crippen LogP contribution is -2.28. The summed E-state index contributed by atoms with van der Waals surface area (Å²) in [5, 5.41) is 11.2. The molecular formula is C16H22BrClO. The Kier molecular flexibility index (Phi) is 5.73. The molecule has 3 heteroatoms. The number of aliphatic hydroxyl groups excluding tert-OH is 1. The van der Waals surface area contributed by atoms with Gasteiger partial charge in [0, 0.05) is 15.9 Å². The van der Waals surface area contributed by atoms with Crippen LogP contribution in [-0.2, 0) is 6.42 Å². The molecule has 3 unspecified atom stereocenters. The standard InChI is InChI=1S/C16H22BrClO/c1-2-11-4-3-5-13(8-11)16(19)9-12-6-7-14(17)10-15(12)18/h6-7,10-11,13,16,19H,2-5,8-9H2,1H3. The maximum atomic E-state index is 10.5. The third-order valence-corrected chi connectivity index (χ3v) is 5.23. The molecule has 0 bridgehead atoms. The molecule has 1 aromatic carbocycles. The van der Waals surface area contributed by atoms with Gasteiger partial charge in [-0.1, -0.05) is 59.8 Å². The Morgan fingerprint density at radius 1 is 1.42 bits per heavy atom. The van der Waals surface area contributed by atoms with Gasteiger partial charge < -0.3 is 5.11 Å². The molecule has 1 saturated carbocycles. The second-order valence-electron chi connectivity index (χ2n) is 5.71. The van der Waals surface area contributed by atoms with Crippen LogP contribution in [0.5, 0.6) is 0 Å². The maximum Gasteiger partial charge on any atom is 0.0609 e. The van der Waals surface area contributed by atoms with E-state index < -0.39 is 0 Å². The van der Waals surface area contributed by atoms with Crippen LogP contribution in [0, 0.1) is 11.8 Å². The zero-order valence-electron chi connectivity index (χ0n) is 11.4. The predicted molar refractivity (Wildman–Crippen MR) is 84.6 cm³/mol. The first kappa shape index (κ1) is 15.3. The molecule has 0 amide bonds. The van der Waals surface area contributed by atoms with E-state index in [1.54, 1.807) is 0 Å². The highest BCUT2D eigenvalue weighted by Gasteiger charge is 2.26. The van der Waals surface area contributed by atoms with Gasteiger partial charge >= 0.3 is 0 Å². The molecule has 1 aliphatic carbocycles. The van der Waals surface area contributed by atoms with Crippen LogP contribution in [0.3, 0.4) is 0 Å². The monoisotopic (exact) mass is 344 g/mol. The molecule has 2 rings (SSSR count). The van der Waals surface area contributed by atoms with Crippen molar-refractivity contribution in [3.63, 3.8) is 0 Å². The molecule has 3 atom stereocenters. The Morgan fingerprint density at radius 2 is 2.21 bits per heavy atom. The summed E-state index contributed by atoms with van der Waals surface area (Å²) < 4.78 is 0.986. The third kappa shape index (κ3) is 4.21. The first-order valence-electron chi connectivity index (χ1n) is 7.22. The predicted octanol–water partition coefficient (Wildman–Crippen LogP) is 5.22. The highest BCUT2D eigenvalue weighted by molar-refractivity contribution is 9.10. The first-order chi connectivity index (χ1) is 9.10. The van der Waals surface area contributed by atoms with Crippen molar-refractivity contribution in [1.29, 1.82) is 0 Å². The van der Waals surface area contributed by atoms with E-state index in [-0.39, 0.29) is 6.10 Å². The Bertz CT molecular complexity index is 421. The normalized spacial score (nSPS) is 25.3. The molecule has 106 valence electrons. The highest BCUT2D eigenvalue weighted by Crippen LogP contribution is 2.34. The quantitative estimate of drug-likeness (QED) is 0.793. The van der Waals surface area contributed by atoms with Crippen molar-refractivity contribution in [3.8, 4) is 0 Å². The van der Waals surface area contributed by atoms with Crippen LogP contribution in [0.25, 0.3) is 0 Å². The molecule has 0 radical (unpaired) electrons. The van der Waals surface area contributed by atoms with E-state index in [0.717, 1.165) is 27.4 Å². The van der Waals surface area contributed by atoms with Gasteiger partial charge in [0.2, 0.25) is 0 Å². The number of hydrogen-bond donors (Lipinski definition) is 1. The Morgan fingerprint density at radius 3 is 2.89 bits per heavy atom. The summed E-state index contributed by atoms with van der Waals surface area (Å²) in [6.07, 6.45) is 6.58. The van der Waals surface area contributed by atoms with Gasteiger partial charge in [0.25, 0.3) is 0 Å². The molecule has 0 aliphatic heterocycles. The van der Waals surface area contributed by atoms with Crippen LogP contribution >= 0.6 is 27.5 Å². The van der Waals surface area contributed by atoms with Gasteiger partial charge in [0.1, 0.15) is 0 Å². The number of hydrogen-bond acceptors (Lipinski definition) is 1. The van der Waals surface area contributed by atoms with Crippen LogP contribution in [0.1, 0.15) is 44.6 Å².